The van der Waals surface area contributed by atoms with E-state index in [0.29, 0.717) is 5.69 Å². The molecule has 1 aromatic rings. The molecule has 0 aromatic heterocycles. The van der Waals surface area contributed by atoms with Gasteiger partial charge in [-0.3, -0.25) is 0 Å². The fraction of sp³-hybridized carbons (Fsp3) is 0.312. The summed E-state index contributed by atoms with van der Waals surface area (Å²) in [5, 5.41) is 8.77. The van der Waals surface area contributed by atoms with Gasteiger partial charge in [-0.25, -0.2) is 14.0 Å². The number of carbonyl (C=O) groups is 2. The van der Waals surface area contributed by atoms with Crippen molar-refractivity contribution in [2.24, 2.45) is 0 Å². The topological polar surface area (TPSA) is 88.9 Å². The van der Waals surface area contributed by atoms with Gasteiger partial charge in [0.1, 0.15) is 18.2 Å². The van der Waals surface area contributed by atoms with Gasteiger partial charge in [-0.15, -0.1) is 0 Å². The summed E-state index contributed by atoms with van der Waals surface area (Å²) in [7, 11) is 2.37. The van der Waals surface area contributed by atoms with Crippen LogP contribution in [-0.2, 0) is 30.2 Å². The van der Waals surface area contributed by atoms with E-state index in [9.17, 15) is 14.0 Å². The monoisotopic (exact) mass is 334 g/mol. The molecule has 0 amide bonds. The third-order valence-electron chi connectivity index (χ3n) is 3.44. The Morgan fingerprint density at radius 3 is 2.67 bits per heavy atom. The van der Waals surface area contributed by atoms with Gasteiger partial charge < -0.3 is 19.1 Å². The third kappa shape index (κ3) is 3.36. The van der Waals surface area contributed by atoms with Gasteiger partial charge in [-0.05, 0) is 18.2 Å². The summed E-state index contributed by atoms with van der Waals surface area (Å²) in [6, 6.07) is 5.89. The third-order valence-corrected chi connectivity index (χ3v) is 3.44. The highest BCUT2D eigenvalue weighted by molar-refractivity contribution is 6.03. The van der Waals surface area contributed by atoms with Crippen molar-refractivity contribution in [1.29, 1.82) is 5.26 Å². The van der Waals surface area contributed by atoms with Crippen molar-refractivity contribution in [3.8, 4) is 6.07 Å². The standard InChI is InChI=1S/C16H15FN2O5/c1-22-15(20)12-8-24-9-19(14(12)16(21)23-2)11-3-4-13(17)10(7-11)5-6-18/h3-4,7H,5,8-9H2,1-2H3. The van der Waals surface area contributed by atoms with Crippen molar-refractivity contribution < 1.29 is 28.2 Å². The molecule has 0 radical (unpaired) electrons. The number of rotatable bonds is 4. The highest BCUT2D eigenvalue weighted by atomic mass is 19.1. The maximum absolute atomic E-state index is 13.7. The largest absolute Gasteiger partial charge is 0.466 e. The summed E-state index contributed by atoms with van der Waals surface area (Å²) < 4.78 is 28.5. The summed E-state index contributed by atoms with van der Waals surface area (Å²) in [4.78, 5) is 25.4. The predicted molar refractivity (Wildman–Crippen MR) is 80.1 cm³/mol. The lowest BCUT2D eigenvalue weighted by Crippen LogP contribution is -2.38. The van der Waals surface area contributed by atoms with Gasteiger partial charge >= 0.3 is 11.9 Å². The van der Waals surface area contributed by atoms with Gasteiger partial charge in [-0.2, -0.15) is 5.26 Å². The van der Waals surface area contributed by atoms with Crippen molar-refractivity contribution in [3.05, 3.63) is 40.8 Å². The lowest BCUT2D eigenvalue weighted by atomic mass is 10.1. The van der Waals surface area contributed by atoms with Crippen LogP contribution in [0.4, 0.5) is 10.1 Å². The first kappa shape index (κ1) is 17.4. The molecule has 1 heterocycles. The summed E-state index contributed by atoms with van der Waals surface area (Å²) in [6.07, 6.45) is -0.129. The van der Waals surface area contributed by atoms with Crippen molar-refractivity contribution in [2.75, 3.05) is 32.5 Å². The predicted octanol–water partition coefficient (Wildman–Crippen LogP) is 1.29. The number of halogens is 1. The molecule has 0 saturated carbocycles. The van der Waals surface area contributed by atoms with Crippen molar-refractivity contribution in [3.63, 3.8) is 0 Å². The van der Waals surface area contributed by atoms with E-state index in [1.807, 2.05) is 6.07 Å². The second-order valence-corrected chi connectivity index (χ2v) is 4.83. The number of ether oxygens (including phenoxy) is 3. The minimum atomic E-state index is -0.746. The molecule has 1 aliphatic rings. The van der Waals surface area contributed by atoms with Gasteiger partial charge in [0, 0.05) is 11.3 Å². The van der Waals surface area contributed by atoms with E-state index in [1.54, 1.807) is 0 Å². The normalized spacial score (nSPS) is 14.2. The molecule has 1 aliphatic heterocycles. The maximum atomic E-state index is 13.7. The lowest BCUT2D eigenvalue weighted by Gasteiger charge is -2.31. The number of hydrogen-bond donors (Lipinski definition) is 0. The average molecular weight is 334 g/mol. The Kier molecular flexibility index (Phi) is 5.50. The fourth-order valence-electron chi connectivity index (χ4n) is 2.30. The molecule has 7 nitrogen and oxygen atoms in total. The van der Waals surface area contributed by atoms with E-state index in [4.69, 9.17) is 14.7 Å². The van der Waals surface area contributed by atoms with Crippen molar-refractivity contribution in [2.45, 2.75) is 6.42 Å². The smallest absolute Gasteiger partial charge is 0.355 e. The maximum Gasteiger partial charge on any atom is 0.355 e. The zero-order valence-electron chi connectivity index (χ0n) is 13.2. The molecule has 0 bridgehead atoms. The average Bonchev–Trinajstić information content (AvgIpc) is 2.61. The minimum absolute atomic E-state index is 0.00163. The number of anilines is 1. The Morgan fingerprint density at radius 1 is 1.33 bits per heavy atom. The first-order chi connectivity index (χ1) is 11.5. The Morgan fingerprint density at radius 2 is 2.04 bits per heavy atom. The highest BCUT2D eigenvalue weighted by Crippen LogP contribution is 2.28. The molecule has 0 N–H and O–H groups in total. The molecule has 8 heteroatoms. The van der Waals surface area contributed by atoms with Crippen LogP contribution in [0, 0.1) is 17.1 Å². The van der Waals surface area contributed by atoms with Crippen LogP contribution in [0.1, 0.15) is 5.56 Å². The molecular weight excluding hydrogens is 319 g/mol. The second kappa shape index (κ2) is 7.57. The summed E-state index contributed by atoms with van der Waals surface area (Å²) >= 11 is 0. The molecule has 2 rings (SSSR count). The van der Waals surface area contributed by atoms with E-state index in [0.717, 1.165) is 0 Å². The lowest BCUT2D eigenvalue weighted by molar-refractivity contribution is -0.140. The number of methoxy groups -OCH3 is 2. The fourth-order valence-corrected chi connectivity index (χ4v) is 2.30. The minimum Gasteiger partial charge on any atom is -0.466 e. The van der Waals surface area contributed by atoms with E-state index >= 15 is 0 Å². The van der Waals surface area contributed by atoms with Crippen molar-refractivity contribution in [1.82, 2.24) is 0 Å². The van der Waals surface area contributed by atoms with Crippen LogP contribution in [-0.4, -0.2) is 39.5 Å². The number of nitrogens with zero attached hydrogens (tertiary/aromatic N) is 2. The van der Waals surface area contributed by atoms with E-state index < -0.39 is 17.8 Å². The van der Waals surface area contributed by atoms with Gasteiger partial charge in [0.2, 0.25) is 0 Å². The summed E-state index contributed by atoms with van der Waals surface area (Å²) in [5.41, 5.74) is 0.527. The molecule has 126 valence electrons. The number of hydrogen-bond acceptors (Lipinski definition) is 7. The van der Waals surface area contributed by atoms with Crippen LogP contribution in [0.5, 0.6) is 0 Å². The molecule has 0 saturated heterocycles. The zero-order chi connectivity index (χ0) is 17.7. The van der Waals surface area contributed by atoms with Crippen LogP contribution in [0.15, 0.2) is 29.5 Å². The van der Waals surface area contributed by atoms with E-state index in [2.05, 4.69) is 4.74 Å². The van der Waals surface area contributed by atoms with Crippen LogP contribution < -0.4 is 4.90 Å². The second-order valence-electron chi connectivity index (χ2n) is 4.83. The van der Waals surface area contributed by atoms with Gasteiger partial charge in [0.15, 0.2) is 0 Å². The first-order valence-corrected chi connectivity index (χ1v) is 6.94. The van der Waals surface area contributed by atoms with Crippen LogP contribution in [0.3, 0.4) is 0 Å². The summed E-state index contributed by atoms with van der Waals surface area (Å²) in [5.74, 6) is -2.00. The molecule has 0 unspecified atom stereocenters. The van der Waals surface area contributed by atoms with Gasteiger partial charge in [0.25, 0.3) is 0 Å². The number of benzene rings is 1. The van der Waals surface area contributed by atoms with Gasteiger partial charge in [0.05, 0.1) is 38.9 Å². The molecule has 0 spiro atoms. The Balaban J connectivity index is 2.55. The molecule has 1 aromatic carbocycles. The Labute approximate surface area is 137 Å². The molecule has 24 heavy (non-hydrogen) atoms. The molecule has 0 aliphatic carbocycles. The first-order valence-electron chi connectivity index (χ1n) is 6.94. The highest BCUT2D eigenvalue weighted by Gasteiger charge is 2.32. The Hall–Kier alpha value is -2.92. The number of carbonyl (C=O) groups excluding carboxylic acids is 2. The van der Waals surface area contributed by atoms with E-state index in [1.165, 1.54) is 37.3 Å². The van der Waals surface area contributed by atoms with Crippen LogP contribution in [0.25, 0.3) is 0 Å². The van der Waals surface area contributed by atoms with Gasteiger partial charge in [-0.1, -0.05) is 0 Å². The number of nitriles is 1. The Bertz CT molecular complexity index is 738. The summed E-state index contributed by atoms with van der Waals surface area (Å²) in [6.45, 7) is -0.150. The van der Waals surface area contributed by atoms with E-state index in [-0.39, 0.29) is 36.6 Å². The zero-order valence-corrected chi connectivity index (χ0v) is 13.2. The SMILES string of the molecule is COC(=O)C1=C(C(=O)OC)N(c2ccc(F)c(CC#N)c2)COC1. The molecule has 0 atom stereocenters. The quantitative estimate of drug-likeness (QED) is 0.766. The molecular formula is C16H15FN2O5. The van der Waals surface area contributed by atoms with Crippen LogP contribution >= 0.6 is 0 Å². The number of esters is 2. The van der Waals surface area contributed by atoms with Crippen LogP contribution in [0.2, 0.25) is 0 Å². The molecule has 0 fully saturated rings. The van der Waals surface area contributed by atoms with Crippen molar-refractivity contribution >= 4 is 17.6 Å².